The second kappa shape index (κ2) is 4.63. The van der Waals surface area contributed by atoms with Gasteiger partial charge in [-0.15, -0.1) is 0 Å². The van der Waals surface area contributed by atoms with Crippen molar-refractivity contribution in [3.63, 3.8) is 0 Å². The van der Waals surface area contributed by atoms with E-state index in [1.54, 1.807) is 0 Å². The molecule has 2 fully saturated rings. The van der Waals surface area contributed by atoms with Crippen LogP contribution in [0.4, 0.5) is 0 Å². The van der Waals surface area contributed by atoms with Gasteiger partial charge in [-0.05, 0) is 51.1 Å². The van der Waals surface area contributed by atoms with Crippen LogP contribution < -0.4 is 5.73 Å². The summed E-state index contributed by atoms with van der Waals surface area (Å²) in [5.74, 6) is 1.75. The Labute approximate surface area is 87.8 Å². The first-order chi connectivity index (χ1) is 6.81. The average Bonchev–Trinajstić information content (AvgIpc) is 2.88. The third-order valence-corrected chi connectivity index (χ3v) is 4.31. The molecule has 2 rings (SSSR count). The van der Waals surface area contributed by atoms with Crippen LogP contribution in [0.1, 0.15) is 39.0 Å². The van der Waals surface area contributed by atoms with E-state index in [2.05, 4.69) is 11.8 Å². The van der Waals surface area contributed by atoms with E-state index in [-0.39, 0.29) is 0 Å². The highest BCUT2D eigenvalue weighted by molar-refractivity contribution is 4.85. The van der Waals surface area contributed by atoms with Gasteiger partial charge >= 0.3 is 0 Å². The van der Waals surface area contributed by atoms with Crippen LogP contribution in [0.25, 0.3) is 0 Å². The van der Waals surface area contributed by atoms with Gasteiger partial charge in [0.1, 0.15) is 0 Å². The quantitative estimate of drug-likeness (QED) is 0.746. The van der Waals surface area contributed by atoms with Crippen LogP contribution in [0, 0.1) is 11.8 Å². The predicted molar refractivity (Wildman–Crippen MR) is 60.2 cm³/mol. The van der Waals surface area contributed by atoms with E-state index in [9.17, 15) is 0 Å². The molecular formula is C12H24N2. The van der Waals surface area contributed by atoms with Gasteiger partial charge in [0, 0.05) is 12.6 Å². The normalized spacial score (nSPS) is 32.6. The van der Waals surface area contributed by atoms with Gasteiger partial charge in [0.25, 0.3) is 0 Å². The zero-order valence-corrected chi connectivity index (χ0v) is 9.41. The van der Waals surface area contributed by atoms with Crippen LogP contribution >= 0.6 is 0 Å². The highest BCUT2D eigenvalue weighted by Crippen LogP contribution is 2.32. The Bertz CT molecular complexity index is 175. The molecule has 1 saturated carbocycles. The fraction of sp³-hybridized carbons (Fsp3) is 1.00. The molecule has 0 spiro atoms. The highest BCUT2D eigenvalue weighted by Gasteiger charge is 2.30. The van der Waals surface area contributed by atoms with Gasteiger partial charge < -0.3 is 10.6 Å². The topological polar surface area (TPSA) is 29.3 Å². The molecule has 2 atom stereocenters. The summed E-state index contributed by atoms with van der Waals surface area (Å²) in [4.78, 5) is 2.67. The molecule has 0 aromatic heterocycles. The maximum absolute atomic E-state index is 5.72. The van der Waals surface area contributed by atoms with E-state index < -0.39 is 0 Å². The minimum Gasteiger partial charge on any atom is -0.330 e. The number of rotatable bonds is 3. The summed E-state index contributed by atoms with van der Waals surface area (Å²) >= 11 is 0. The first-order valence-corrected chi connectivity index (χ1v) is 6.25. The molecule has 0 aromatic rings. The third-order valence-electron chi connectivity index (χ3n) is 4.31. The van der Waals surface area contributed by atoms with Gasteiger partial charge in [-0.1, -0.05) is 12.8 Å². The van der Waals surface area contributed by atoms with E-state index >= 15 is 0 Å². The lowest BCUT2D eigenvalue weighted by Crippen LogP contribution is -2.36. The molecule has 1 aliphatic carbocycles. The van der Waals surface area contributed by atoms with Crippen LogP contribution in [0.3, 0.4) is 0 Å². The molecule has 2 heteroatoms. The minimum absolute atomic E-state index is 0.777. The fourth-order valence-corrected chi connectivity index (χ4v) is 3.16. The molecule has 0 bridgehead atoms. The Morgan fingerprint density at radius 1 is 1.29 bits per heavy atom. The van der Waals surface area contributed by atoms with Crippen molar-refractivity contribution >= 4 is 0 Å². The number of likely N-dealkylation sites (tertiary alicyclic amines) is 1. The molecule has 1 saturated heterocycles. The van der Waals surface area contributed by atoms with Gasteiger partial charge in [0.2, 0.25) is 0 Å². The van der Waals surface area contributed by atoms with Crippen molar-refractivity contribution in [2.24, 2.45) is 17.6 Å². The largest absolute Gasteiger partial charge is 0.330 e. The molecule has 2 unspecified atom stereocenters. The van der Waals surface area contributed by atoms with Crippen LogP contribution in [-0.4, -0.2) is 30.6 Å². The Morgan fingerprint density at radius 3 is 2.57 bits per heavy atom. The molecule has 0 aromatic carbocycles. The average molecular weight is 196 g/mol. The molecule has 82 valence electrons. The van der Waals surface area contributed by atoms with E-state index in [0.717, 1.165) is 24.4 Å². The second-order valence-electron chi connectivity index (χ2n) is 5.17. The van der Waals surface area contributed by atoms with Crippen molar-refractivity contribution < 1.29 is 0 Å². The predicted octanol–water partition coefficient (Wildman–Crippen LogP) is 1.85. The van der Waals surface area contributed by atoms with Crippen molar-refractivity contribution in [2.45, 2.75) is 45.1 Å². The highest BCUT2D eigenvalue weighted by atomic mass is 15.2. The van der Waals surface area contributed by atoms with Gasteiger partial charge in [-0.25, -0.2) is 0 Å². The van der Waals surface area contributed by atoms with Gasteiger partial charge in [-0.3, -0.25) is 0 Å². The SMILES string of the molecule is CC(C1CCCC1)N1CCC(CN)C1. The van der Waals surface area contributed by atoms with E-state index in [1.807, 2.05) is 0 Å². The molecule has 2 nitrogen and oxygen atoms in total. The lowest BCUT2D eigenvalue weighted by atomic mass is 9.98. The summed E-state index contributed by atoms with van der Waals surface area (Å²) < 4.78 is 0. The zero-order chi connectivity index (χ0) is 9.97. The van der Waals surface area contributed by atoms with Crippen LogP contribution in [0.15, 0.2) is 0 Å². The molecule has 0 amide bonds. The van der Waals surface area contributed by atoms with Crippen molar-refractivity contribution in [3.05, 3.63) is 0 Å². The summed E-state index contributed by atoms with van der Waals surface area (Å²) in [6, 6.07) is 0.814. The van der Waals surface area contributed by atoms with E-state index in [4.69, 9.17) is 5.73 Å². The van der Waals surface area contributed by atoms with E-state index in [1.165, 1.54) is 45.2 Å². The number of nitrogens with two attached hydrogens (primary N) is 1. The van der Waals surface area contributed by atoms with Crippen LogP contribution in [0.5, 0.6) is 0 Å². The second-order valence-corrected chi connectivity index (χ2v) is 5.17. The number of hydrogen-bond donors (Lipinski definition) is 1. The summed E-state index contributed by atoms with van der Waals surface area (Å²) in [5, 5.41) is 0. The smallest absolute Gasteiger partial charge is 0.00953 e. The van der Waals surface area contributed by atoms with Crippen molar-refractivity contribution in [1.82, 2.24) is 4.90 Å². The zero-order valence-electron chi connectivity index (χ0n) is 9.41. The van der Waals surface area contributed by atoms with Crippen molar-refractivity contribution in [2.75, 3.05) is 19.6 Å². The van der Waals surface area contributed by atoms with Crippen LogP contribution in [-0.2, 0) is 0 Å². The minimum atomic E-state index is 0.777. The van der Waals surface area contributed by atoms with Crippen molar-refractivity contribution in [3.8, 4) is 0 Å². The summed E-state index contributed by atoms with van der Waals surface area (Å²) in [6.07, 6.45) is 7.18. The molecule has 2 aliphatic rings. The standard InChI is InChI=1S/C12H24N2/c1-10(12-4-2-3-5-12)14-7-6-11(8-13)9-14/h10-12H,2-9,13H2,1H3. The van der Waals surface area contributed by atoms with E-state index in [0.29, 0.717) is 0 Å². The lowest BCUT2D eigenvalue weighted by Gasteiger charge is -2.29. The molecule has 14 heavy (non-hydrogen) atoms. The third kappa shape index (κ3) is 2.12. The first-order valence-electron chi connectivity index (χ1n) is 6.25. The Morgan fingerprint density at radius 2 is 2.00 bits per heavy atom. The Hall–Kier alpha value is -0.0800. The maximum Gasteiger partial charge on any atom is 0.00953 e. The molecule has 1 heterocycles. The molecule has 1 aliphatic heterocycles. The molecule has 2 N–H and O–H groups in total. The Kier molecular flexibility index (Phi) is 3.45. The number of nitrogens with zero attached hydrogens (tertiary/aromatic N) is 1. The fourth-order valence-electron chi connectivity index (χ4n) is 3.16. The molecular weight excluding hydrogens is 172 g/mol. The van der Waals surface area contributed by atoms with Gasteiger partial charge in [-0.2, -0.15) is 0 Å². The monoisotopic (exact) mass is 196 g/mol. The summed E-state index contributed by atoms with van der Waals surface area (Å²) in [6.45, 7) is 5.86. The van der Waals surface area contributed by atoms with Crippen molar-refractivity contribution in [1.29, 1.82) is 0 Å². The lowest BCUT2D eigenvalue weighted by molar-refractivity contribution is 0.185. The van der Waals surface area contributed by atoms with Gasteiger partial charge in [0.05, 0.1) is 0 Å². The first kappa shape index (κ1) is 10.4. The Balaban J connectivity index is 1.83. The summed E-state index contributed by atoms with van der Waals surface area (Å²) in [5.41, 5.74) is 5.72. The van der Waals surface area contributed by atoms with Gasteiger partial charge in [0.15, 0.2) is 0 Å². The molecule has 0 radical (unpaired) electrons. The number of hydrogen-bond acceptors (Lipinski definition) is 2. The summed E-state index contributed by atoms with van der Waals surface area (Å²) in [7, 11) is 0. The van der Waals surface area contributed by atoms with Crippen LogP contribution in [0.2, 0.25) is 0 Å². The maximum atomic E-state index is 5.72.